The second kappa shape index (κ2) is 7.04. The van der Waals surface area contributed by atoms with Crippen molar-refractivity contribution in [1.29, 1.82) is 0 Å². The van der Waals surface area contributed by atoms with Crippen molar-refractivity contribution in [1.82, 2.24) is 9.88 Å². The Hall–Kier alpha value is -2.01. The lowest BCUT2D eigenvalue weighted by Crippen LogP contribution is -2.36. The number of hydrogen-bond acceptors (Lipinski definition) is 4. The average Bonchev–Trinajstić information content (AvgIpc) is 3.05. The van der Waals surface area contributed by atoms with Gasteiger partial charge in [-0.3, -0.25) is 4.79 Å². The molecule has 120 valence electrons. The minimum Gasteiger partial charge on any atom is -0.508 e. The van der Waals surface area contributed by atoms with Crippen molar-refractivity contribution in [3.8, 4) is 5.75 Å². The molecule has 1 aromatic heterocycles. The summed E-state index contributed by atoms with van der Waals surface area (Å²) >= 11 is 1.50. The summed E-state index contributed by atoms with van der Waals surface area (Å²) in [6, 6.07) is 13.0. The molecule has 1 fully saturated rings. The van der Waals surface area contributed by atoms with E-state index in [0.29, 0.717) is 0 Å². The number of pyridine rings is 1. The Bertz CT molecular complexity index is 660. The number of thioether (sulfide) groups is 1. The summed E-state index contributed by atoms with van der Waals surface area (Å²) in [5, 5.41) is 10.1. The summed E-state index contributed by atoms with van der Waals surface area (Å²) in [5.74, 6) is 0.403. The lowest BCUT2D eigenvalue weighted by atomic mass is 10.0. The van der Waals surface area contributed by atoms with Gasteiger partial charge in [-0.2, -0.15) is 0 Å². The number of carbonyl (C=O) groups excluding carboxylic acids is 1. The van der Waals surface area contributed by atoms with Crippen LogP contribution in [0.3, 0.4) is 0 Å². The fourth-order valence-corrected chi connectivity index (χ4v) is 3.83. The standard InChI is InChI=1S/C18H20N2O2S/c1-13(23-17-6-2-3-11-19-17)18(22)20-12-4-5-16(20)14-7-9-15(21)10-8-14/h2-3,6-11,13,16,21H,4-5,12H2,1H3/t13-,16-/m0/s1. The van der Waals surface area contributed by atoms with Crippen molar-refractivity contribution in [3.05, 3.63) is 54.2 Å². The van der Waals surface area contributed by atoms with Gasteiger partial charge in [0.15, 0.2) is 0 Å². The highest BCUT2D eigenvalue weighted by molar-refractivity contribution is 8.00. The lowest BCUT2D eigenvalue weighted by molar-refractivity contribution is -0.131. The zero-order valence-electron chi connectivity index (χ0n) is 13.1. The third kappa shape index (κ3) is 3.67. The minimum atomic E-state index is -0.164. The first-order valence-corrected chi connectivity index (χ1v) is 8.70. The third-order valence-corrected chi connectivity index (χ3v) is 5.13. The quantitative estimate of drug-likeness (QED) is 0.871. The smallest absolute Gasteiger partial charge is 0.236 e. The number of amides is 1. The molecule has 0 spiro atoms. The van der Waals surface area contributed by atoms with Gasteiger partial charge in [0.05, 0.1) is 16.3 Å². The van der Waals surface area contributed by atoms with Crippen molar-refractivity contribution in [2.75, 3.05) is 6.54 Å². The number of aromatic nitrogens is 1. The number of hydrogen-bond donors (Lipinski definition) is 1. The van der Waals surface area contributed by atoms with Crippen LogP contribution in [0.4, 0.5) is 0 Å². The molecule has 1 aliphatic heterocycles. The summed E-state index contributed by atoms with van der Waals surface area (Å²) < 4.78 is 0. The zero-order valence-corrected chi connectivity index (χ0v) is 13.9. The fourth-order valence-electron chi connectivity index (χ4n) is 2.96. The molecule has 4 nitrogen and oxygen atoms in total. The predicted octanol–water partition coefficient (Wildman–Crippen LogP) is 3.63. The number of likely N-dealkylation sites (tertiary alicyclic amines) is 1. The van der Waals surface area contributed by atoms with Crippen molar-refractivity contribution >= 4 is 17.7 Å². The first kappa shape index (κ1) is 15.9. The largest absolute Gasteiger partial charge is 0.508 e. The molecule has 3 rings (SSSR count). The molecular formula is C18H20N2O2S. The van der Waals surface area contributed by atoms with Gasteiger partial charge >= 0.3 is 0 Å². The van der Waals surface area contributed by atoms with Gasteiger partial charge in [0.25, 0.3) is 0 Å². The number of benzene rings is 1. The number of phenolic OH excluding ortho intramolecular Hbond substituents is 1. The molecule has 23 heavy (non-hydrogen) atoms. The molecule has 1 N–H and O–H groups in total. The molecule has 1 saturated heterocycles. The van der Waals surface area contributed by atoms with E-state index in [1.54, 1.807) is 18.3 Å². The van der Waals surface area contributed by atoms with Crippen LogP contribution >= 0.6 is 11.8 Å². The van der Waals surface area contributed by atoms with E-state index in [0.717, 1.165) is 30.0 Å². The molecule has 1 amide bonds. The maximum Gasteiger partial charge on any atom is 0.236 e. The summed E-state index contributed by atoms with van der Waals surface area (Å²) in [5.41, 5.74) is 1.09. The molecule has 0 unspecified atom stereocenters. The SMILES string of the molecule is C[C@H](Sc1ccccn1)C(=O)N1CCC[C@H]1c1ccc(O)cc1. The number of phenols is 1. The number of aromatic hydroxyl groups is 1. The van der Waals surface area contributed by atoms with Crippen LogP contribution in [0.15, 0.2) is 53.7 Å². The van der Waals surface area contributed by atoms with Crippen molar-refractivity contribution in [3.63, 3.8) is 0 Å². The van der Waals surface area contributed by atoms with Gasteiger partial charge in [-0.25, -0.2) is 4.98 Å². The van der Waals surface area contributed by atoms with Gasteiger partial charge in [0.1, 0.15) is 5.75 Å². The molecule has 0 aliphatic carbocycles. The number of rotatable bonds is 4. The minimum absolute atomic E-state index is 0.106. The Morgan fingerprint density at radius 3 is 2.78 bits per heavy atom. The Morgan fingerprint density at radius 2 is 2.09 bits per heavy atom. The molecule has 2 aromatic rings. The van der Waals surface area contributed by atoms with Crippen LogP contribution < -0.4 is 0 Å². The number of nitrogens with zero attached hydrogens (tertiary/aromatic N) is 2. The van der Waals surface area contributed by atoms with Crippen molar-refractivity contribution in [2.45, 2.75) is 36.1 Å². The molecule has 2 atom stereocenters. The van der Waals surface area contributed by atoms with Crippen LogP contribution in [0.2, 0.25) is 0 Å². The molecule has 2 heterocycles. The van der Waals surface area contributed by atoms with Crippen molar-refractivity contribution in [2.24, 2.45) is 0 Å². The highest BCUT2D eigenvalue weighted by Gasteiger charge is 2.32. The van der Waals surface area contributed by atoms with E-state index in [4.69, 9.17) is 0 Å². The summed E-state index contributed by atoms with van der Waals surface area (Å²) in [6.07, 6.45) is 3.73. The molecule has 0 saturated carbocycles. The Balaban J connectivity index is 1.71. The van der Waals surface area contributed by atoms with E-state index in [1.807, 2.05) is 42.2 Å². The molecule has 5 heteroatoms. The van der Waals surface area contributed by atoms with Gasteiger partial charge in [0.2, 0.25) is 5.91 Å². The van der Waals surface area contributed by atoms with Crippen LogP contribution in [-0.2, 0) is 4.79 Å². The molecular weight excluding hydrogens is 308 g/mol. The first-order valence-electron chi connectivity index (χ1n) is 7.82. The Labute approximate surface area is 140 Å². The van der Waals surface area contributed by atoms with E-state index in [2.05, 4.69) is 4.98 Å². The maximum absolute atomic E-state index is 12.8. The van der Waals surface area contributed by atoms with Crippen LogP contribution in [0, 0.1) is 0 Å². The van der Waals surface area contributed by atoms with E-state index < -0.39 is 0 Å². The summed E-state index contributed by atoms with van der Waals surface area (Å²) in [6.45, 7) is 2.73. The topological polar surface area (TPSA) is 53.4 Å². The highest BCUT2D eigenvalue weighted by Crippen LogP contribution is 2.35. The van der Waals surface area contributed by atoms with E-state index in [-0.39, 0.29) is 22.9 Å². The van der Waals surface area contributed by atoms with E-state index in [1.165, 1.54) is 11.8 Å². The van der Waals surface area contributed by atoms with Gasteiger partial charge in [-0.1, -0.05) is 30.0 Å². The fraction of sp³-hybridized carbons (Fsp3) is 0.333. The molecule has 1 aliphatic rings. The van der Waals surface area contributed by atoms with Crippen LogP contribution in [0.1, 0.15) is 31.4 Å². The normalized spacial score (nSPS) is 18.8. The predicted molar refractivity (Wildman–Crippen MR) is 91.4 cm³/mol. The van der Waals surface area contributed by atoms with Gasteiger partial charge in [-0.15, -0.1) is 0 Å². The van der Waals surface area contributed by atoms with Crippen LogP contribution in [-0.4, -0.2) is 32.7 Å². The van der Waals surface area contributed by atoms with E-state index in [9.17, 15) is 9.90 Å². The zero-order chi connectivity index (χ0) is 16.2. The summed E-state index contributed by atoms with van der Waals surface area (Å²) in [7, 11) is 0. The van der Waals surface area contributed by atoms with Crippen molar-refractivity contribution < 1.29 is 9.90 Å². The maximum atomic E-state index is 12.8. The highest BCUT2D eigenvalue weighted by atomic mass is 32.2. The molecule has 1 aromatic carbocycles. The second-order valence-corrected chi connectivity index (χ2v) is 7.07. The second-order valence-electron chi connectivity index (χ2n) is 5.71. The van der Waals surface area contributed by atoms with E-state index >= 15 is 0 Å². The average molecular weight is 328 g/mol. The van der Waals surface area contributed by atoms with Crippen LogP contribution in [0.25, 0.3) is 0 Å². The van der Waals surface area contributed by atoms with Gasteiger partial charge in [0, 0.05) is 12.7 Å². The number of carbonyl (C=O) groups is 1. The first-order chi connectivity index (χ1) is 11.1. The Kier molecular flexibility index (Phi) is 4.86. The molecule has 0 bridgehead atoms. The lowest BCUT2D eigenvalue weighted by Gasteiger charge is -2.27. The van der Waals surface area contributed by atoms with Crippen LogP contribution in [0.5, 0.6) is 5.75 Å². The Morgan fingerprint density at radius 1 is 1.30 bits per heavy atom. The monoisotopic (exact) mass is 328 g/mol. The molecule has 0 radical (unpaired) electrons. The summed E-state index contributed by atoms with van der Waals surface area (Å²) in [4.78, 5) is 19.1. The third-order valence-electron chi connectivity index (χ3n) is 4.10. The van der Waals surface area contributed by atoms with Gasteiger partial charge in [-0.05, 0) is 49.6 Å². The van der Waals surface area contributed by atoms with Gasteiger partial charge < -0.3 is 10.0 Å².